The Morgan fingerprint density at radius 3 is 1.98 bits per heavy atom. The second-order valence-corrected chi connectivity index (χ2v) is 11.4. The molecule has 0 amide bonds. The lowest BCUT2D eigenvalue weighted by Crippen LogP contribution is -2.71. The van der Waals surface area contributed by atoms with E-state index in [4.69, 9.17) is 4.74 Å². The molecule has 4 aromatic heterocycles. The van der Waals surface area contributed by atoms with E-state index >= 15 is 0 Å². The minimum atomic E-state index is -0.593. The van der Waals surface area contributed by atoms with E-state index in [2.05, 4.69) is 127 Å². The first kappa shape index (κ1) is 18.8. The predicted molar refractivity (Wildman–Crippen MR) is 154 cm³/mol. The Labute approximate surface area is 225 Å². The van der Waals surface area contributed by atoms with Crippen molar-refractivity contribution in [3.05, 3.63) is 121 Å². The van der Waals surface area contributed by atoms with Crippen LogP contribution in [0.25, 0.3) is 65.7 Å². The van der Waals surface area contributed by atoms with Gasteiger partial charge in [-0.05, 0) is 48.5 Å². The molecule has 0 bridgehead atoms. The highest BCUT2D eigenvalue weighted by Gasteiger charge is 2.66. The number of hydrogen-bond acceptors (Lipinski definition) is 1. The summed E-state index contributed by atoms with van der Waals surface area (Å²) < 4.78 is 16.8. The maximum Gasteiger partial charge on any atom is 0.316 e. The van der Waals surface area contributed by atoms with Crippen molar-refractivity contribution >= 4 is 65.7 Å². The number of hydrogen-bond donors (Lipinski definition) is 0. The number of pyridine rings is 2. The zero-order valence-corrected chi connectivity index (χ0v) is 21.1. The summed E-state index contributed by atoms with van der Waals surface area (Å²) in [5, 5.41) is 7.61. The van der Waals surface area contributed by atoms with Gasteiger partial charge in [-0.1, -0.05) is 48.5 Å². The highest BCUT2D eigenvalue weighted by atomic mass is 16.5. The SMILES string of the molecule is c1ccc2c(c1)c1ccc3c4c1c1n2cc[n+]1C41c2c(ccc4c5ccccc5n5c6ccccc6[n+]1c5c24)O3. The monoisotopic (exact) mass is 510 g/mol. The largest absolute Gasteiger partial charge is 0.456 e. The number of ether oxygens (including phenoxy) is 1. The maximum atomic E-state index is 6.84. The standard InChI is InChI=1S/C35H18N4O/c1-3-9-23-19(7-1)21-13-15-27-31-29(21)33-36(23)17-18-37(33)35(31)32-28(40-27)16-14-22-20-8-2-4-10-24(20)38-25-11-5-6-12-26(25)39(35)34(38)30(22)32/h1-18H/q+2. The first-order valence-corrected chi connectivity index (χ1v) is 13.8. The topological polar surface area (TPSA) is 25.8 Å². The second-order valence-electron chi connectivity index (χ2n) is 11.4. The van der Waals surface area contributed by atoms with Gasteiger partial charge in [-0.25, -0.2) is 0 Å². The van der Waals surface area contributed by atoms with Crippen molar-refractivity contribution in [3.63, 3.8) is 0 Å². The summed E-state index contributed by atoms with van der Waals surface area (Å²) in [5.41, 5.74) is 9.22. The first-order valence-electron chi connectivity index (χ1n) is 13.8. The van der Waals surface area contributed by atoms with Gasteiger partial charge in [0.1, 0.15) is 46.1 Å². The molecule has 0 fully saturated rings. The number of nitrogens with zero attached hydrogens (tertiary/aromatic N) is 4. The third kappa shape index (κ3) is 1.60. The molecule has 7 heterocycles. The van der Waals surface area contributed by atoms with Gasteiger partial charge in [0.15, 0.2) is 11.0 Å². The number of imidazole rings is 2. The van der Waals surface area contributed by atoms with Crippen LogP contribution < -0.4 is 13.9 Å². The van der Waals surface area contributed by atoms with E-state index in [1.165, 1.54) is 76.8 Å². The number of benzene rings is 5. The molecule has 5 heteroatoms. The molecule has 9 aromatic rings. The molecule has 0 saturated heterocycles. The molecule has 12 rings (SSSR count). The van der Waals surface area contributed by atoms with Gasteiger partial charge in [0.2, 0.25) is 0 Å². The van der Waals surface area contributed by atoms with Crippen LogP contribution >= 0.6 is 0 Å². The van der Waals surface area contributed by atoms with E-state index in [9.17, 15) is 0 Å². The zero-order chi connectivity index (χ0) is 25.5. The van der Waals surface area contributed by atoms with Crippen molar-refractivity contribution in [3.8, 4) is 11.5 Å². The van der Waals surface area contributed by atoms with Gasteiger partial charge in [-0.3, -0.25) is 0 Å². The fourth-order valence-corrected chi connectivity index (χ4v) is 8.62. The van der Waals surface area contributed by atoms with Gasteiger partial charge in [-0.15, -0.1) is 0 Å². The van der Waals surface area contributed by atoms with E-state index in [-0.39, 0.29) is 0 Å². The lowest BCUT2D eigenvalue weighted by Gasteiger charge is -2.30. The summed E-state index contributed by atoms with van der Waals surface area (Å²) in [6.07, 6.45) is 4.53. The lowest BCUT2D eigenvalue weighted by atomic mass is 9.85. The molecule has 0 saturated carbocycles. The van der Waals surface area contributed by atoms with Crippen molar-refractivity contribution < 1.29 is 13.9 Å². The zero-order valence-electron chi connectivity index (χ0n) is 21.1. The Balaban J connectivity index is 1.47. The quantitative estimate of drug-likeness (QED) is 0.168. The average molecular weight is 511 g/mol. The van der Waals surface area contributed by atoms with Crippen LogP contribution in [0, 0.1) is 0 Å². The molecule has 3 aliphatic rings. The fourth-order valence-electron chi connectivity index (χ4n) is 8.62. The van der Waals surface area contributed by atoms with E-state index in [1.54, 1.807) is 0 Å². The molecule has 5 aromatic carbocycles. The highest BCUT2D eigenvalue weighted by Crippen LogP contribution is 2.58. The maximum absolute atomic E-state index is 6.84. The third-order valence-corrected chi connectivity index (χ3v) is 9.87. The van der Waals surface area contributed by atoms with E-state index in [1.807, 2.05) is 0 Å². The van der Waals surface area contributed by atoms with Crippen LogP contribution in [0.3, 0.4) is 0 Å². The Morgan fingerprint density at radius 2 is 1.20 bits per heavy atom. The number of para-hydroxylation sites is 4. The van der Waals surface area contributed by atoms with Crippen molar-refractivity contribution in [1.29, 1.82) is 0 Å². The molecule has 0 N–H and O–H groups in total. The molecule has 1 spiro atoms. The summed E-state index contributed by atoms with van der Waals surface area (Å²) in [6.45, 7) is 0. The van der Waals surface area contributed by atoms with Crippen LogP contribution in [0.4, 0.5) is 0 Å². The van der Waals surface area contributed by atoms with Crippen molar-refractivity contribution in [2.24, 2.45) is 0 Å². The average Bonchev–Trinajstić information content (AvgIpc) is 3.75. The number of rotatable bonds is 0. The molecule has 0 aliphatic carbocycles. The van der Waals surface area contributed by atoms with Crippen LogP contribution in [0.1, 0.15) is 11.1 Å². The fraction of sp³-hybridized carbons (Fsp3) is 0.0286. The van der Waals surface area contributed by atoms with E-state index < -0.39 is 5.66 Å². The summed E-state index contributed by atoms with van der Waals surface area (Å²) >= 11 is 0. The molecular weight excluding hydrogens is 492 g/mol. The minimum Gasteiger partial charge on any atom is -0.456 e. The van der Waals surface area contributed by atoms with Crippen LogP contribution in [-0.4, -0.2) is 8.80 Å². The molecule has 40 heavy (non-hydrogen) atoms. The normalized spacial score (nSPS) is 17.8. The van der Waals surface area contributed by atoms with Crippen molar-refractivity contribution in [2.75, 3.05) is 0 Å². The molecule has 0 radical (unpaired) electrons. The molecule has 3 aliphatic heterocycles. The summed E-state index contributed by atoms with van der Waals surface area (Å²) in [7, 11) is 0. The van der Waals surface area contributed by atoms with Crippen molar-refractivity contribution in [2.45, 2.75) is 5.66 Å². The second kappa shape index (κ2) is 5.63. The van der Waals surface area contributed by atoms with E-state index in [0.717, 1.165) is 11.5 Å². The molecule has 1 unspecified atom stereocenters. The minimum absolute atomic E-state index is 0.593. The summed E-state index contributed by atoms with van der Waals surface area (Å²) in [6, 6.07) is 35.4. The van der Waals surface area contributed by atoms with Gasteiger partial charge in [-0.2, -0.15) is 17.9 Å². The van der Waals surface area contributed by atoms with Gasteiger partial charge < -0.3 is 4.74 Å². The lowest BCUT2D eigenvalue weighted by molar-refractivity contribution is -0.934. The summed E-state index contributed by atoms with van der Waals surface area (Å²) in [5.74, 6) is 1.88. The highest BCUT2D eigenvalue weighted by molar-refractivity contribution is 6.18. The van der Waals surface area contributed by atoms with Crippen LogP contribution in [0.5, 0.6) is 11.5 Å². The first-order chi connectivity index (χ1) is 19.9. The Kier molecular flexibility index (Phi) is 2.64. The molecule has 182 valence electrons. The molecule has 1 atom stereocenters. The van der Waals surface area contributed by atoms with Crippen LogP contribution in [0.2, 0.25) is 0 Å². The Hall–Kier alpha value is -5.42. The van der Waals surface area contributed by atoms with Gasteiger partial charge in [0, 0.05) is 21.5 Å². The number of aromatic nitrogens is 4. The Bertz CT molecular complexity index is 2750. The van der Waals surface area contributed by atoms with Gasteiger partial charge >= 0.3 is 11.3 Å². The summed E-state index contributed by atoms with van der Waals surface area (Å²) in [4.78, 5) is 0. The predicted octanol–water partition coefficient (Wildman–Crippen LogP) is 6.56. The number of fused-ring (bicyclic) bond motifs is 9. The smallest absolute Gasteiger partial charge is 0.316 e. The van der Waals surface area contributed by atoms with E-state index in [0.29, 0.717) is 0 Å². The van der Waals surface area contributed by atoms with Crippen LogP contribution in [0.15, 0.2) is 109 Å². The van der Waals surface area contributed by atoms with Crippen LogP contribution in [-0.2, 0) is 5.66 Å². The Morgan fingerprint density at radius 1 is 0.575 bits per heavy atom. The molecule has 5 nitrogen and oxygen atoms in total. The van der Waals surface area contributed by atoms with Gasteiger partial charge in [0.05, 0.1) is 10.8 Å². The third-order valence-electron chi connectivity index (χ3n) is 9.87. The van der Waals surface area contributed by atoms with Gasteiger partial charge in [0.25, 0.3) is 5.65 Å². The molecular formula is C35H18N4O+2. The van der Waals surface area contributed by atoms with Crippen molar-refractivity contribution in [1.82, 2.24) is 8.80 Å².